The van der Waals surface area contributed by atoms with Crippen molar-refractivity contribution in [3.63, 3.8) is 0 Å². The molecular formula is C20H17F3N2O6. The number of ether oxygens (including phenoxy) is 3. The second-order valence-electron chi connectivity index (χ2n) is 7.02. The Kier molecular flexibility index (Phi) is 4.92. The van der Waals surface area contributed by atoms with E-state index >= 15 is 0 Å². The summed E-state index contributed by atoms with van der Waals surface area (Å²) in [4.78, 5) is 25.3. The molecule has 0 radical (unpaired) electrons. The predicted molar refractivity (Wildman–Crippen MR) is 98.8 cm³/mol. The normalized spacial score (nSPS) is 24.9. The van der Waals surface area contributed by atoms with E-state index in [0.29, 0.717) is 11.5 Å². The van der Waals surface area contributed by atoms with Crippen LogP contribution in [-0.2, 0) is 0 Å². The van der Waals surface area contributed by atoms with Gasteiger partial charge in [0.2, 0.25) is 12.5 Å². The summed E-state index contributed by atoms with van der Waals surface area (Å²) in [5.41, 5.74) is -3.78. The lowest BCUT2D eigenvalue weighted by Crippen LogP contribution is -2.72. The number of carbonyl (C=O) groups excluding carboxylic acids is 2. The summed E-state index contributed by atoms with van der Waals surface area (Å²) in [5, 5.41) is 14.4. The van der Waals surface area contributed by atoms with Crippen molar-refractivity contribution in [1.82, 2.24) is 10.6 Å². The average molecular weight is 438 g/mol. The monoisotopic (exact) mass is 438 g/mol. The Bertz CT molecular complexity index is 1030. The first-order valence-electron chi connectivity index (χ1n) is 9.09. The number of methoxy groups -OCH3 is 1. The van der Waals surface area contributed by atoms with Crippen LogP contribution in [-0.4, -0.2) is 42.7 Å². The van der Waals surface area contributed by atoms with Crippen LogP contribution < -0.4 is 24.8 Å². The fourth-order valence-electron chi connectivity index (χ4n) is 3.66. The molecule has 0 spiro atoms. The van der Waals surface area contributed by atoms with Crippen molar-refractivity contribution in [2.45, 2.75) is 17.9 Å². The summed E-state index contributed by atoms with van der Waals surface area (Å²) < 4.78 is 57.3. The maximum absolute atomic E-state index is 13.9. The Labute approximate surface area is 173 Å². The van der Waals surface area contributed by atoms with Crippen LogP contribution >= 0.6 is 0 Å². The van der Waals surface area contributed by atoms with Crippen LogP contribution in [0.5, 0.6) is 17.2 Å². The lowest BCUT2D eigenvalue weighted by molar-refractivity contribution is -0.287. The second kappa shape index (κ2) is 7.34. The van der Waals surface area contributed by atoms with E-state index in [4.69, 9.17) is 14.2 Å². The van der Waals surface area contributed by atoms with Gasteiger partial charge in [0.1, 0.15) is 11.7 Å². The Hall–Kier alpha value is -3.47. The van der Waals surface area contributed by atoms with Crippen molar-refractivity contribution in [2.24, 2.45) is 5.92 Å². The van der Waals surface area contributed by atoms with Crippen molar-refractivity contribution in [1.29, 1.82) is 0 Å². The standard InChI is InChI=1S/C20H17F3N2O6/c1-29-12-5-2-10(3-6-12)17(26)15-16(11-4-7-13-14(8-11)31-9-30-13)24-18(27)25-19(15,28)20(21,22)23/h2-8,15-16,28H,9H2,1H3,(H2,24,25,27)/t15-,16-,19+/m1/s1. The summed E-state index contributed by atoms with van der Waals surface area (Å²) in [5.74, 6) is -2.16. The van der Waals surface area contributed by atoms with Crippen LogP contribution in [0, 0.1) is 5.92 Å². The number of alkyl halides is 3. The number of rotatable bonds is 4. The van der Waals surface area contributed by atoms with Gasteiger partial charge in [0.05, 0.1) is 13.2 Å². The van der Waals surface area contributed by atoms with E-state index in [-0.39, 0.29) is 23.7 Å². The number of urea groups is 1. The summed E-state index contributed by atoms with van der Waals surface area (Å²) >= 11 is 0. The maximum atomic E-state index is 13.9. The molecule has 0 saturated carbocycles. The zero-order valence-corrected chi connectivity index (χ0v) is 16.0. The fraction of sp³-hybridized carbons (Fsp3) is 0.300. The molecule has 0 aromatic heterocycles. The molecule has 2 heterocycles. The van der Waals surface area contributed by atoms with E-state index in [1.807, 2.05) is 0 Å². The molecule has 1 saturated heterocycles. The number of benzene rings is 2. The van der Waals surface area contributed by atoms with Crippen LogP contribution in [0.1, 0.15) is 22.0 Å². The van der Waals surface area contributed by atoms with Gasteiger partial charge < -0.3 is 30.0 Å². The van der Waals surface area contributed by atoms with Gasteiger partial charge in [-0.15, -0.1) is 0 Å². The molecule has 0 aliphatic carbocycles. The van der Waals surface area contributed by atoms with Crippen LogP contribution in [0.15, 0.2) is 42.5 Å². The minimum Gasteiger partial charge on any atom is -0.497 e. The summed E-state index contributed by atoms with van der Waals surface area (Å²) in [6, 6.07) is 6.81. The first kappa shape index (κ1) is 20.8. The topological polar surface area (TPSA) is 106 Å². The van der Waals surface area contributed by atoms with Crippen molar-refractivity contribution >= 4 is 11.8 Å². The lowest BCUT2D eigenvalue weighted by Gasteiger charge is -2.45. The molecular weight excluding hydrogens is 421 g/mol. The molecule has 3 atom stereocenters. The van der Waals surface area contributed by atoms with Gasteiger partial charge in [-0.2, -0.15) is 13.2 Å². The van der Waals surface area contributed by atoms with Gasteiger partial charge in [0.15, 0.2) is 17.3 Å². The van der Waals surface area contributed by atoms with Crippen LogP contribution in [0.25, 0.3) is 0 Å². The number of nitrogens with one attached hydrogen (secondary N) is 2. The number of ketones is 1. The largest absolute Gasteiger partial charge is 0.497 e. The smallest absolute Gasteiger partial charge is 0.437 e. The van der Waals surface area contributed by atoms with Gasteiger partial charge in [-0.25, -0.2) is 4.79 Å². The lowest BCUT2D eigenvalue weighted by atomic mass is 9.77. The Balaban J connectivity index is 1.82. The highest BCUT2D eigenvalue weighted by atomic mass is 19.4. The molecule has 31 heavy (non-hydrogen) atoms. The quantitative estimate of drug-likeness (QED) is 0.634. The van der Waals surface area contributed by atoms with E-state index < -0.39 is 35.7 Å². The van der Waals surface area contributed by atoms with Gasteiger partial charge in [0.25, 0.3) is 0 Å². The molecule has 0 bridgehead atoms. The highest BCUT2D eigenvalue weighted by Crippen LogP contribution is 2.45. The second-order valence-corrected chi connectivity index (χ2v) is 7.02. The molecule has 2 aromatic carbocycles. The number of fused-ring (bicyclic) bond motifs is 1. The van der Waals surface area contributed by atoms with Gasteiger partial charge in [-0.05, 0) is 42.0 Å². The molecule has 2 aliphatic rings. The third kappa shape index (κ3) is 3.50. The fourth-order valence-corrected chi connectivity index (χ4v) is 3.66. The molecule has 1 fully saturated rings. The Morgan fingerprint density at radius 1 is 1.16 bits per heavy atom. The van der Waals surface area contributed by atoms with E-state index in [2.05, 4.69) is 5.32 Å². The number of halogens is 3. The first-order chi connectivity index (χ1) is 14.6. The van der Waals surface area contributed by atoms with Gasteiger partial charge in [-0.1, -0.05) is 6.07 Å². The van der Waals surface area contributed by atoms with Crippen LogP contribution in [0.3, 0.4) is 0 Å². The Morgan fingerprint density at radius 2 is 1.84 bits per heavy atom. The van der Waals surface area contributed by atoms with E-state index in [9.17, 15) is 27.9 Å². The number of hydrogen-bond acceptors (Lipinski definition) is 6. The molecule has 2 aliphatic heterocycles. The predicted octanol–water partition coefficient (Wildman–Crippen LogP) is 2.53. The highest BCUT2D eigenvalue weighted by Gasteiger charge is 2.66. The number of Topliss-reactive ketones (excluding diaryl/α,β-unsaturated/α-hetero) is 1. The molecule has 11 heteroatoms. The molecule has 164 valence electrons. The van der Waals surface area contributed by atoms with Gasteiger partial charge in [0, 0.05) is 5.56 Å². The Morgan fingerprint density at radius 3 is 2.48 bits per heavy atom. The van der Waals surface area contributed by atoms with Gasteiger partial charge >= 0.3 is 12.2 Å². The van der Waals surface area contributed by atoms with Crippen molar-refractivity contribution in [3.05, 3.63) is 53.6 Å². The van der Waals surface area contributed by atoms with Gasteiger partial charge in [-0.3, -0.25) is 4.79 Å². The highest BCUT2D eigenvalue weighted by molar-refractivity contribution is 6.00. The molecule has 4 rings (SSSR count). The number of amides is 2. The maximum Gasteiger partial charge on any atom is 0.437 e. The third-order valence-corrected chi connectivity index (χ3v) is 5.22. The van der Waals surface area contributed by atoms with E-state index in [0.717, 1.165) is 0 Å². The summed E-state index contributed by atoms with van der Waals surface area (Å²) in [6.45, 7) is -0.0714. The van der Waals surface area contributed by atoms with Crippen molar-refractivity contribution in [3.8, 4) is 17.2 Å². The molecule has 3 N–H and O–H groups in total. The number of carbonyl (C=O) groups is 2. The SMILES string of the molecule is COc1ccc(C(=O)[C@H]2[C@@H](c3ccc4c(c3)OCO4)NC(=O)N[C@@]2(O)C(F)(F)F)cc1. The summed E-state index contributed by atoms with van der Waals surface area (Å²) in [7, 11) is 1.40. The minimum absolute atomic E-state index is 0.0714. The first-order valence-corrected chi connectivity index (χ1v) is 9.09. The minimum atomic E-state index is -5.34. The molecule has 0 unspecified atom stereocenters. The van der Waals surface area contributed by atoms with Crippen molar-refractivity contribution < 1.29 is 42.1 Å². The molecule has 2 aromatic rings. The van der Waals surface area contributed by atoms with Crippen LogP contribution in [0.4, 0.5) is 18.0 Å². The third-order valence-electron chi connectivity index (χ3n) is 5.22. The number of aliphatic hydroxyl groups is 1. The van der Waals surface area contributed by atoms with E-state index in [1.54, 1.807) is 0 Å². The number of hydrogen-bond donors (Lipinski definition) is 3. The average Bonchev–Trinajstić information content (AvgIpc) is 3.20. The van der Waals surface area contributed by atoms with E-state index in [1.165, 1.54) is 54.9 Å². The van der Waals surface area contributed by atoms with Crippen molar-refractivity contribution in [2.75, 3.05) is 13.9 Å². The zero-order chi connectivity index (χ0) is 22.4. The summed E-state index contributed by atoms with van der Waals surface area (Å²) in [6.07, 6.45) is -5.34. The molecule has 8 nitrogen and oxygen atoms in total. The zero-order valence-electron chi connectivity index (χ0n) is 16.0. The molecule has 2 amide bonds. The van der Waals surface area contributed by atoms with Crippen LogP contribution in [0.2, 0.25) is 0 Å².